The van der Waals surface area contributed by atoms with Gasteiger partial charge in [-0.15, -0.1) is 11.3 Å². The normalized spacial score (nSPS) is 11.7. The highest BCUT2D eigenvalue weighted by atomic mass is 32.1. The minimum atomic E-state index is -0.815. The number of aromatic nitrogens is 2. The SMILES string of the molecule is CCOC(=O)c1nn(-c2ccc(C)cc2)c(=O)c2c(NC(=O)C(C)Oc3ccccc3)scc12. The Balaban J connectivity index is 1.76. The van der Waals surface area contributed by atoms with Gasteiger partial charge >= 0.3 is 5.97 Å². The van der Waals surface area contributed by atoms with Gasteiger partial charge in [0, 0.05) is 10.8 Å². The zero-order valence-electron chi connectivity index (χ0n) is 18.9. The Morgan fingerprint density at radius 3 is 2.50 bits per heavy atom. The molecule has 0 fully saturated rings. The molecule has 1 amide bonds. The summed E-state index contributed by atoms with van der Waals surface area (Å²) in [5, 5.41) is 9.51. The largest absolute Gasteiger partial charge is 0.481 e. The highest BCUT2D eigenvalue weighted by Crippen LogP contribution is 2.31. The minimum Gasteiger partial charge on any atom is -0.481 e. The van der Waals surface area contributed by atoms with Crippen molar-refractivity contribution in [3.8, 4) is 11.4 Å². The zero-order valence-corrected chi connectivity index (χ0v) is 19.7. The number of carbonyl (C=O) groups is 2. The Bertz CT molecular complexity index is 1390. The van der Waals surface area contributed by atoms with E-state index in [0.29, 0.717) is 21.8 Å². The van der Waals surface area contributed by atoms with E-state index in [1.165, 1.54) is 0 Å². The van der Waals surface area contributed by atoms with Gasteiger partial charge in [0.05, 0.1) is 17.7 Å². The summed E-state index contributed by atoms with van der Waals surface area (Å²) in [5.41, 5.74) is 1.05. The molecule has 0 radical (unpaired) electrons. The van der Waals surface area contributed by atoms with Crippen LogP contribution in [0.2, 0.25) is 0 Å². The van der Waals surface area contributed by atoms with Crippen LogP contribution in [0.4, 0.5) is 5.00 Å². The fourth-order valence-electron chi connectivity index (χ4n) is 3.32. The van der Waals surface area contributed by atoms with Crippen molar-refractivity contribution >= 4 is 39.0 Å². The van der Waals surface area contributed by atoms with Crippen LogP contribution in [0.3, 0.4) is 0 Å². The highest BCUT2D eigenvalue weighted by Gasteiger charge is 2.24. The van der Waals surface area contributed by atoms with Gasteiger partial charge < -0.3 is 14.8 Å². The lowest BCUT2D eigenvalue weighted by atomic mass is 10.2. The quantitative estimate of drug-likeness (QED) is 0.398. The number of nitrogens with one attached hydrogen (secondary N) is 1. The van der Waals surface area contributed by atoms with Crippen LogP contribution in [0.5, 0.6) is 5.75 Å². The highest BCUT2D eigenvalue weighted by molar-refractivity contribution is 7.16. The smallest absolute Gasteiger partial charge is 0.359 e. The van der Waals surface area contributed by atoms with E-state index in [9.17, 15) is 14.4 Å². The lowest BCUT2D eigenvalue weighted by Crippen LogP contribution is -2.31. The first-order valence-electron chi connectivity index (χ1n) is 10.7. The number of thiophene rings is 1. The maximum absolute atomic E-state index is 13.4. The van der Waals surface area contributed by atoms with Crippen molar-refractivity contribution < 1.29 is 19.1 Å². The number of anilines is 1. The fraction of sp³-hybridized carbons (Fsp3) is 0.200. The van der Waals surface area contributed by atoms with Gasteiger partial charge in [0.25, 0.3) is 11.5 Å². The van der Waals surface area contributed by atoms with Crippen LogP contribution in [-0.4, -0.2) is 34.4 Å². The number of nitrogens with zero attached hydrogens (tertiary/aromatic N) is 2. The van der Waals surface area contributed by atoms with Crippen molar-refractivity contribution in [1.29, 1.82) is 0 Å². The van der Waals surface area contributed by atoms with E-state index in [1.54, 1.807) is 43.5 Å². The molecule has 2 heterocycles. The van der Waals surface area contributed by atoms with E-state index in [1.807, 2.05) is 37.3 Å². The van der Waals surface area contributed by atoms with E-state index >= 15 is 0 Å². The molecule has 174 valence electrons. The molecule has 34 heavy (non-hydrogen) atoms. The summed E-state index contributed by atoms with van der Waals surface area (Å²) in [7, 11) is 0. The Hall–Kier alpha value is -3.98. The Kier molecular flexibility index (Phi) is 6.74. The molecule has 1 unspecified atom stereocenters. The van der Waals surface area contributed by atoms with Crippen molar-refractivity contribution in [3.63, 3.8) is 0 Å². The third kappa shape index (κ3) is 4.69. The van der Waals surface area contributed by atoms with Gasteiger partial charge in [-0.05, 0) is 45.0 Å². The minimum absolute atomic E-state index is 0.00218. The molecule has 0 spiro atoms. The number of fused-ring (bicyclic) bond motifs is 1. The number of hydrogen-bond acceptors (Lipinski definition) is 7. The summed E-state index contributed by atoms with van der Waals surface area (Å²) in [4.78, 5) is 38.9. The van der Waals surface area contributed by atoms with E-state index in [-0.39, 0.29) is 17.7 Å². The maximum Gasteiger partial charge on any atom is 0.359 e. The van der Waals surface area contributed by atoms with Crippen molar-refractivity contribution in [2.75, 3.05) is 11.9 Å². The van der Waals surface area contributed by atoms with Gasteiger partial charge in [-0.2, -0.15) is 9.78 Å². The van der Waals surface area contributed by atoms with E-state index in [2.05, 4.69) is 10.4 Å². The molecule has 1 atom stereocenters. The molecule has 0 aliphatic rings. The molecule has 4 aromatic rings. The maximum atomic E-state index is 13.4. The molecular formula is C25H23N3O5S. The number of para-hydroxylation sites is 1. The molecule has 0 aliphatic carbocycles. The topological polar surface area (TPSA) is 99.5 Å². The average Bonchev–Trinajstić information content (AvgIpc) is 3.25. The first-order chi connectivity index (χ1) is 16.4. The molecule has 4 rings (SSSR count). The molecule has 1 N–H and O–H groups in total. The molecule has 0 aliphatic heterocycles. The van der Waals surface area contributed by atoms with Crippen molar-refractivity contribution in [3.05, 3.63) is 81.6 Å². The molecule has 9 heteroatoms. The molecule has 0 bridgehead atoms. The molecule has 0 saturated heterocycles. The Labute approximate surface area is 199 Å². The third-order valence-corrected chi connectivity index (χ3v) is 5.96. The van der Waals surface area contributed by atoms with E-state index in [4.69, 9.17) is 9.47 Å². The second kappa shape index (κ2) is 9.88. The monoisotopic (exact) mass is 477 g/mol. The number of rotatable bonds is 7. The summed E-state index contributed by atoms with van der Waals surface area (Å²) < 4.78 is 12.0. The summed E-state index contributed by atoms with van der Waals surface area (Å²) >= 11 is 1.14. The second-order valence-corrected chi connectivity index (χ2v) is 8.42. The summed E-state index contributed by atoms with van der Waals surface area (Å²) in [6.45, 7) is 5.40. The van der Waals surface area contributed by atoms with Crippen LogP contribution in [-0.2, 0) is 9.53 Å². The zero-order chi connectivity index (χ0) is 24.2. The molecule has 0 saturated carbocycles. The van der Waals surface area contributed by atoms with Gasteiger partial charge in [-0.1, -0.05) is 35.9 Å². The molecule has 2 aromatic heterocycles. The first kappa shape index (κ1) is 23.2. The predicted octanol–water partition coefficient (Wildman–Crippen LogP) is 4.34. The number of amides is 1. The first-order valence-corrected chi connectivity index (χ1v) is 11.6. The Morgan fingerprint density at radius 1 is 1.12 bits per heavy atom. The van der Waals surface area contributed by atoms with Gasteiger partial charge in [-0.3, -0.25) is 9.59 Å². The predicted molar refractivity (Wildman–Crippen MR) is 131 cm³/mol. The standard InChI is InChI=1S/C25H23N3O5S/c1-4-32-25(31)21-19-14-34-23(26-22(29)16(3)33-18-8-6-5-7-9-18)20(19)24(30)28(27-21)17-12-10-15(2)11-13-17/h5-14,16H,4H2,1-3H3,(H,26,29). The number of carbonyl (C=O) groups excluding carboxylic acids is 2. The van der Waals surface area contributed by atoms with E-state index in [0.717, 1.165) is 21.6 Å². The fourth-order valence-corrected chi connectivity index (χ4v) is 4.26. The number of aryl methyl sites for hydroxylation is 1. The number of benzene rings is 2. The lowest BCUT2D eigenvalue weighted by molar-refractivity contribution is -0.122. The van der Waals surface area contributed by atoms with Crippen molar-refractivity contribution in [2.24, 2.45) is 0 Å². The Morgan fingerprint density at radius 2 is 1.82 bits per heavy atom. The summed E-state index contributed by atoms with van der Waals surface area (Å²) in [6, 6.07) is 16.1. The molecule has 8 nitrogen and oxygen atoms in total. The average molecular weight is 478 g/mol. The number of hydrogen-bond donors (Lipinski definition) is 1. The van der Waals surface area contributed by atoms with Gasteiger partial charge in [-0.25, -0.2) is 4.79 Å². The number of ether oxygens (including phenoxy) is 2. The molecule has 2 aromatic carbocycles. The van der Waals surface area contributed by atoms with Crippen LogP contribution >= 0.6 is 11.3 Å². The van der Waals surface area contributed by atoms with Crippen LogP contribution in [0.15, 0.2) is 64.8 Å². The van der Waals surface area contributed by atoms with Crippen molar-refractivity contribution in [2.45, 2.75) is 26.9 Å². The number of esters is 1. The van der Waals surface area contributed by atoms with Gasteiger partial charge in [0.15, 0.2) is 11.8 Å². The third-order valence-electron chi connectivity index (χ3n) is 5.06. The summed E-state index contributed by atoms with van der Waals surface area (Å²) in [5.74, 6) is -0.523. The van der Waals surface area contributed by atoms with Gasteiger partial charge in [0.2, 0.25) is 0 Å². The summed E-state index contributed by atoms with van der Waals surface area (Å²) in [6.07, 6.45) is -0.815. The second-order valence-electron chi connectivity index (χ2n) is 7.54. The van der Waals surface area contributed by atoms with Crippen molar-refractivity contribution in [1.82, 2.24) is 9.78 Å². The van der Waals surface area contributed by atoms with Crippen LogP contribution in [0, 0.1) is 6.92 Å². The van der Waals surface area contributed by atoms with Crippen LogP contribution in [0.1, 0.15) is 29.9 Å². The van der Waals surface area contributed by atoms with Crippen LogP contribution in [0.25, 0.3) is 16.5 Å². The van der Waals surface area contributed by atoms with E-state index < -0.39 is 23.5 Å². The lowest BCUT2D eigenvalue weighted by Gasteiger charge is -2.14. The van der Waals surface area contributed by atoms with Gasteiger partial charge in [0.1, 0.15) is 10.8 Å². The molecular weight excluding hydrogens is 454 g/mol. The van der Waals surface area contributed by atoms with Crippen LogP contribution < -0.4 is 15.6 Å².